The quantitative estimate of drug-likeness (QED) is 0.342. The molecule has 1 atom stereocenters. The van der Waals surface area contributed by atoms with Crippen molar-refractivity contribution in [2.24, 2.45) is 5.92 Å². The highest BCUT2D eigenvalue weighted by atomic mass is 32.2. The standard InChI is InChI=1S/C28H37N5O8S/c1-28(2,3)41-27(37)33-13-10-19(11-14-33)16-30-24(34)20-7-5-8-21(15-20)25(35)31-18-23(26(36)40-4)32-42(38,39)22-9-6-12-29-17-22/h5-9,12,15,17,19,23,32H,10-11,13-14,16,18H2,1-4H3,(H,30,34)(H,31,35)/t23-/m0/s1. The topological polar surface area (TPSA) is 173 Å². The van der Waals surface area contributed by atoms with Crippen molar-refractivity contribution in [1.82, 2.24) is 25.2 Å². The van der Waals surface area contributed by atoms with Crippen LogP contribution in [-0.2, 0) is 24.3 Å². The molecule has 2 aromatic rings. The predicted octanol–water partition coefficient (Wildman–Crippen LogP) is 1.71. The summed E-state index contributed by atoms with van der Waals surface area (Å²) in [6, 6.07) is 7.35. The summed E-state index contributed by atoms with van der Waals surface area (Å²) in [5, 5.41) is 5.39. The second-order valence-electron chi connectivity index (χ2n) is 10.8. The van der Waals surface area contributed by atoms with E-state index in [1.54, 1.807) is 17.0 Å². The van der Waals surface area contributed by atoms with Crippen molar-refractivity contribution in [1.29, 1.82) is 0 Å². The maximum absolute atomic E-state index is 12.8. The monoisotopic (exact) mass is 603 g/mol. The van der Waals surface area contributed by atoms with Gasteiger partial charge in [-0.1, -0.05) is 6.07 Å². The van der Waals surface area contributed by atoms with Gasteiger partial charge >= 0.3 is 12.1 Å². The average Bonchev–Trinajstić information content (AvgIpc) is 2.97. The summed E-state index contributed by atoms with van der Waals surface area (Å²) in [6.45, 7) is 6.55. The zero-order chi connectivity index (χ0) is 30.9. The summed E-state index contributed by atoms with van der Waals surface area (Å²) in [6.07, 6.45) is 3.62. The van der Waals surface area contributed by atoms with E-state index < -0.39 is 40.1 Å². The Morgan fingerprint density at radius 1 is 1.02 bits per heavy atom. The van der Waals surface area contributed by atoms with Crippen LogP contribution in [0.1, 0.15) is 54.3 Å². The Bertz CT molecular complexity index is 1370. The minimum Gasteiger partial charge on any atom is -0.468 e. The summed E-state index contributed by atoms with van der Waals surface area (Å²) in [7, 11) is -3.02. The van der Waals surface area contributed by atoms with E-state index in [2.05, 4.69) is 25.1 Å². The second kappa shape index (κ2) is 14.2. The maximum atomic E-state index is 12.8. The molecule has 13 nitrogen and oxygen atoms in total. The molecule has 1 saturated heterocycles. The third-order valence-corrected chi connectivity index (χ3v) is 7.86. The number of benzene rings is 1. The second-order valence-corrected chi connectivity index (χ2v) is 12.5. The highest BCUT2D eigenvalue weighted by molar-refractivity contribution is 7.89. The van der Waals surface area contributed by atoms with Crippen LogP contribution >= 0.6 is 0 Å². The molecule has 0 aliphatic carbocycles. The number of methoxy groups -OCH3 is 1. The molecule has 1 aromatic carbocycles. The zero-order valence-electron chi connectivity index (χ0n) is 24.1. The lowest BCUT2D eigenvalue weighted by Gasteiger charge is -2.33. The van der Waals surface area contributed by atoms with Gasteiger partial charge in [-0.2, -0.15) is 4.72 Å². The fourth-order valence-electron chi connectivity index (χ4n) is 4.16. The van der Waals surface area contributed by atoms with Crippen molar-refractivity contribution in [2.75, 3.05) is 33.3 Å². The van der Waals surface area contributed by atoms with Gasteiger partial charge in [-0.15, -0.1) is 0 Å². The molecule has 3 rings (SSSR count). The number of aromatic nitrogens is 1. The molecule has 3 N–H and O–H groups in total. The van der Waals surface area contributed by atoms with E-state index in [4.69, 9.17) is 4.74 Å². The van der Waals surface area contributed by atoms with Crippen molar-refractivity contribution in [3.05, 3.63) is 59.9 Å². The fourth-order valence-corrected chi connectivity index (χ4v) is 5.31. The first-order valence-corrected chi connectivity index (χ1v) is 14.9. The summed E-state index contributed by atoms with van der Waals surface area (Å²) in [4.78, 5) is 55.4. The summed E-state index contributed by atoms with van der Waals surface area (Å²) in [5.41, 5.74) is -0.156. The molecule has 228 valence electrons. The first-order valence-electron chi connectivity index (χ1n) is 13.4. The van der Waals surface area contributed by atoms with Gasteiger partial charge in [-0.05, 0) is 69.9 Å². The molecule has 0 unspecified atom stereocenters. The van der Waals surface area contributed by atoms with Gasteiger partial charge in [-0.25, -0.2) is 13.2 Å². The number of nitrogens with zero attached hydrogens (tertiary/aromatic N) is 2. The Kier molecular flexibility index (Phi) is 11.0. The van der Waals surface area contributed by atoms with Crippen LogP contribution in [0.25, 0.3) is 0 Å². The van der Waals surface area contributed by atoms with Gasteiger partial charge in [-0.3, -0.25) is 19.4 Å². The van der Waals surface area contributed by atoms with Crippen molar-refractivity contribution in [3.63, 3.8) is 0 Å². The predicted molar refractivity (Wildman–Crippen MR) is 152 cm³/mol. The first kappa shape index (κ1) is 32.5. The molecule has 1 aromatic heterocycles. The van der Waals surface area contributed by atoms with Crippen LogP contribution < -0.4 is 15.4 Å². The Balaban J connectivity index is 1.53. The van der Waals surface area contributed by atoms with Crippen LogP contribution in [0.2, 0.25) is 0 Å². The van der Waals surface area contributed by atoms with Gasteiger partial charge < -0.3 is 25.0 Å². The van der Waals surface area contributed by atoms with Crippen LogP contribution in [0.15, 0.2) is 53.7 Å². The Hall–Kier alpha value is -4.04. The number of carbonyl (C=O) groups is 4. The SMILES string of the molecule is COC(=O)[C@H](CNC(=O)c1cccc(C(=O)NCC2CCN(C(=O)OC(C)(C)C)CC2)c1)NS(=O)(=O)c1cccnc1. The summed E-state index contributed by atoms with van der Waals surface area (Å²) in [5.74, 6) is -1.69. The third-order valence-electron chi connectivity index (χ3n) is 6.40. The fraction of sp³-hybridized carbons (Fsp3) is 0.464. The number of sulfonamides is 1. The van der Waals surface area contributed by atoms with Gasteiger partial charge in [0.15, 0.2) is 0 Å². The molecule has 0 saturated carbocycles. The molecule has 0 bridgehead atoms. The molecule has 3 amide bonds. The lowest BCUT2D eigenvalue weighted by Crippen LogP contribution is -2.48. The van der Waals surface area contributed by atoms with E-state index in [0.717, 1.165) is 13.3 Å². The van der Waals surface area contributed by atoms with Gasteiger partial charge in [0.1, 0.15) is 16.5 Å². The van der Waals surface area contributed by atoms with Gasteiger partial charge in [0, 0.05) is 49.7 Å². The minimum absolute atomic E-state index is 0.145. The number of likely N-dealkylation sites (tertiary alicyclic amines) is 1. The highest BCUT2D eigenvalue weighted by Crippen LogP contribution is 2.19. The minimum atomic E-state index is -4.12. The third kappa shape index (κ3) is 9.52. The molecule has 42 heavy (non-hydrogen) atoms. The molecular formula is C28H37N5O8S. The number of hydrogen-bond donors (Lipinski definition) is 3. The van der Waals surface area contributed by atoms with E-state index in [-0.39, 0.29) is 33.9 Å². The molecule has 1 fully saturated rings. The van der Waals surface area contributed by atoms with Gasteiger partial charge in [0.25, 0.3) is 11.8 Å². The van der Waals surface area contributed by atoms with Crippen molar-refractivity contribution in [3.8, 4) is 0 Å². The molecule has 0 radical (unpaired) electrons. The number of hydrogen-bond acceptors (Lipinski definition) is 9. The molecule has 2 heterocycles. The normalized spacial score (nSPS) is 14.9. The lowest BCUT2D eigenvalue weighted by molar-refractivity contribution is -0.142. The number of pyridine rings is 1. The first-order chi connectivity index (χ1) is 19.8. The number of carbonyl (C=O) groups excluding carboxylic acids is 4. The van der Waals surface area contributed by atoms with Crippen LogP contribution in [-0.4, -0.2) is 87.1 Å². The largest absolute Gasteiger partial charge is 0.468 e. The molecular weight excluding hydrogens is 566 g/mol. The smallest absolute Gasteiger partial charge is 0.410 e. The maximum Gasteiger partial charge on any atom is 0.410 e. The molecule has 0 spiro atoms. The molecule has 14 heteroatoms. The van der Waals surface area contributed by atoms with E-state index in [1.165, 1.54) is 30.5 Å². The number of esters is 1. The summed E-state index contributed by atoms with van der Waals surface area (Å²) >= 11 is 0. The average molecular weight is 604 g/mol. The Morgan fingerprint density at radius 2 is 1.67 bits per heavy atom. The summed E-state index contributed by atoms with van der Waals surface area (Å²) < 4.78 is 37.6. The zero-order valence-corrected chi connectivity index (χ0v) is 24.9. The number of nitrogens with one attached hydrogen (secondary N) is 3. The van der Waals surface area contributed by atoms with Crippen molar-refractivity contribution >= 4 is 33.9 Å². The Morgan fingerprint density at radius 3 is 2.24 bits per heavy atom. The van der Waals surface area contributed by atoms with Gasteiger partial charge in [0.05, 0.1) is 7.11 Å². The van der Waals surface area contributed by atoms with E-state index >= 15 is 0 Å². The van der Waals surface area contributed by atoms with Gasteiger partial charge in [0.2, 0.25) is 10.0 Å². The van der Waals surface area contributed by atoms with Crippen LogP contribution in [0.4, 0.5) is 4.79 Å². The lowest BCUT2D eigenvalue weighted by atomic mass is 9.97. The van der Waals surface area contributed by atoms with E-state index in [0.29, 0.717) is 32.5 Å². The highest BCUT2D eigenvalue weighted by Gasteiger charge is 2.28. The number of ether oxygens (including phenoxy) is 2. The number of piperidine rings is 1. The van der Waals surface area contributed by atoms with Crippen molar-refractivity contribution in [2.45, 2.75) is 50.2 Å². The van der Waals surface area contributed by atoms with E-state index in [1.807, 2.05) is 20.8 Å². The number of amides is 3. The molecule has 1 aliphatic rings. The number of rotatable bonds is 10. The van der Waals surface area contributed by atoms with Crippen LogP contribution in [0.5, 0.6) is 0 Å². The van der Waals surface area contributed by atoms with Crippen LogP contribution in [0.3, 0.4) is 0 Å². The van der Waals surface area contributed by atoms with Crippen molar-refractivity contribution < 1.29 is 37.1 Å². The van der Waals surface area contributed by atoms with E-state index in [9.17, 15) is 27.6 Å². The van der Waals surface area contributed by atoms with Crippen LogP contribution in [0, 0.1) is 5.92 Å². The Labute approximate surface area is 245 Å². The molecule has 1 aliphatic heterocycles.